The van der Waals surface area contributed by atoms with Gasteiger partial charge in [0.1, 0.15) is 5.75 Å². The molecule has 1 heterocycles. The molecule has 0 atom stereocenters. The predicted molar refractivity (Wildman–Crippen MR) is 72.3 cm³/mol. The first-order valence-corrected chi connectivity index (χ1v) is 7.51. The highest BCUT2D eigenvalue weighted by atomic mass is 32.2. The van der Waals surface area contributed by atoms with E-state index in [0.717, 1.165) is 16.5 Å². The van der Waals surface area contributed by atoms with Crippen LogP contribution in [0, 0.1) is 0 Å². The summed E-state index contributed by atoms with van der Waals surface area (Å²) in [5.74, 6) is 0.217. The van der Waals surface area contributed by atoms with Crippen molar-refractivity contribution in [3.63, 3.8) is 0 Å². The van der Waals surface area contributed by atoms with Gasteiger partial charge in [0.2, 0.25) is 0 Å². The Morgan fingerprint density at radius 3 is 2.61 bits per heavy atom. The molecule has 0 fully saturated rings. The molecule has 1 aromatic heterocycles. The lowest BCUT2D eigenvalue weighted by molar-refractivity contribution is 0.476. The van der Waals surface area contributed by atoms with E-state index < -0.39 is 9.84 Å². The summed E-state index contributed by atoms with van der Waals surface area (Å²) in [4.78, 5) is 0. The Labute approximate surface area is 107 Å². The minimum atomic E-state index is -3.12. The Kier molecular flexibility index (Phi) is 3.11. The molecule has 4 nitrogen and oxygen atoms in total. The molecule has 5 heteroatoms. The van der Waals surface area contributed by atoms with Gasteiger partial charge in [0.15, 0.2) is 9.84 Å². The third kappa shape index (κ3) is 2.22. The Bertz CT molecular complexity index is 684. The summed E-state index contributed by atoms with van der Waals surface area (Å²) >= 11 is 0. The number of sulfone groups is 1. The van der Waals surface area contributed by atoms with Crippen LogP contribution in [0.4, 0.5) is 0 Å². The van der Waals surface area contributed by atoms with Gasteiger partial charge < -0.3 is 9.67 Å². The zero-order chi connectivity index (χ0) is 13.5. The van der Waals surface area contributed by atoms with E-state index in [-0.39, 0.29) is 16.8 Å². The average Bonchev–Trinajstić information content (AvgIpc) is 2.54. The van der Waals surface area contributed by atoms with Gasteiger partial charge in [-0.05, 0) is 31.5 Å². The fourth-order valence-corrected chi connectivity index (χ4v) is 2.95. The summed E-state index contributed by atoms with van der Waals surface area (Å²) in [6.45, 7) is 3.37. The number of phenolic OH excluding ortho intramolecular Hbond substituents is 1. The quantitative estimate of drug-likeness (QED) is 0.927. The Morgan fingerprint density at radius 1 is 1.33 bits per heavy atom. The predicted octanol–water partition coefficient (Wildman–Crippen LogP) is 2.21. The largest absolute Gasteiger partial charge is 0.508 e. The lowest BCUT2D eigenvalue weighted by Gasteiger charge is -2.06. The monoisotopic (exact) mass is 267 g/mol. The molecular formula is C13H17NO3S. The first kappa shape index (κ1) is 13.0. The van der Waals surface area contributed by atoms with Gasteiger partial charge in [0.05, 0.1) is 16.5 Å². The SMILES string of the molecule is CC(C)S(=O)(=O)Cc1cn(C)c2cc(O)ccc12. The number of nitrogens with zero attached hydrogens (tertiary/aromatic N) is 1. The topological polar surface area (TPSA) is 59.3 Å². The van der Waals surface area contributed by atoms with E-state index in [1.54, 1.807) is 32.0 Å². The molecule has 0 radical (unpaired) electrons. The molecule has 0 saturated carbocycles. The second kappa shape index (κ2) is 4.31. The normalized spacial score (nSPS) is 12.4. The maximum Gasteiger partial charge on any atom is 0.156 e. The van der Waals surface area contributed by atoms with Crippen molar-refractivity contribution in [2.75, 3.05) is 0 Å². The number of aromatic nitrogens is 1. The first-order chi connectivity index (χ1) is 8.31. The highest BCUT2D eigenvalue weighted by Gasteiger charge is 2.19. The van der Waals surface area contributed by atoms with Crippen LogP contribution in [-0.4, -0.2) is 23.3 Å². The molecule has 1 aromatic carbocycles. The van der Waals surface area contributed by atoms with Crippen LogP contribution in [0.25, 0.3) is 10.9 Å². The van der Waals surface area contributed by atoms with Crippen LogP contribution in [0.15, 0.2) is 24.4 Å². The maximum atomic E-state index is 12.0. The van der Waals surface area contributed by atoms with Gasteiger partial charge in [-0.2, -0.15) is 0 Å². The van der Waals surface area contributed by atoms with Gasteiger partial charge in [-0.15, -0.1) is 0 Å². The molecular weight excluding hydrogens is 250 g/mol. The van der Waals surface area contributed by atoms with Crippen molar-refractivity contribution in [2.24, 2.45) is 7.05 Å². The van der Waals surface area contributed by atoms with Crippen LogP contribution in [0.3, 0.4) is 0 Å². The summed E-state index contributed by atoms with van der Waals surface area (Å²) in [5, 5.41) is 9.94. The molecule has 2 rings (SSSR count). The number of aryl methyl sites for hydroxylation is 1. The van der Waals surface area contributed by atoms with Crippen molar-refractivity contribution >= 4 is 20.7 Å². The smallest absolute Gasteiger partial charge is 0.156 e. The zero-order valence-electron chi connectivity index (χ0n) is 10.7. The minimum absolute atomic E-state index is 0.0345. The van der Waals surface area contributed by atoms with Crippen molar-refractivity contribution < 1.29 is 13.5 Å². The van der Waals surface area contributed by atoms with Crippen LogP contribution < -0.4 is 0 Å². The summed E-state index contributed by atoms with van der Waals surface area (Å²) in [6.07, 6.45) is 1.81. The van der Waals surface area contributed by atoms with Crippen LogP contribution in [0.5, 0.6) is 5.75 Å². The molecule has 98 valence electrons. The summed E-state index contributed by atoms with van der Waals surface area (Å²) < 4.78 is 25.8. The van der Waals surface area contributed by atoms with Crippen LogP contribution >= 0.6 is 0 Å². The summed E-state index contributed by atoms with van der Waals surface area (Å²) in [6, 6.07) is 4.98. The number of aromatic hydroxyl groups is 1. The van der Waals surface area contributed by atoms with E-state index in [2.05, 4.69) is 0 Å². The minimum Gasteiger partial charge on any atom is -0.508 e. The van der Waals surface area contributed by atoms with Crippen molar-refractivity contribution in [1.82, 2.24) is 4.57 Å². The number of phenols is 1. The van der Waals surface area contributed by atoms with Crippen LogP contribution in [0.1, 0.15) is 19.4 Å². The second-order valence-corrected chi connectivity index (χ2v) is 7.38. The second-order valence-electron chi connectivity index (χ2n) is 4.82. The van der Waals surface area contributed by atoms with Gasteiger partial charge in [0, 0.05) is 24.7 Å². The van der Waals surface area contributed by atoms with E-state index in [0.29, 0.717) is 0 Å². The number of benzene rings is 1. The third-order valence-corrected chi connectivity index (χ3v) is 5.28. The molecule has 0 spiro atoms. The first-order valence-electron chi connectivity index (χ1n) is 5.80. The van der Waals surface area contributed by atoms with Gasteiger partial charge in [-0.1, -0.05) is 0 Å². The van der Waals surface area contributed by atoms with Crippen molar-refractivity contribution in [2.45, 2.75) is 24.9 Å². The molecule has 18 heavy (non-hydrogen) atoms. The third-order valence-electron chi connectivity index (χ3n) is 3.13. The lowest BCUT2D eigenvalue weighted by Crippen LogP contribution is -2.15. The fraction of sp³-hybridized carbons (Fsp3) is 0.385. The maximum absolute atomic E-state index is 12.0. The van der Waals surface area contributed by atoms with Crippen molar-refractivity contribution in [1.29, 1.82) is 0 Å². The molecule has 0 bridgehead atoms. The summed E-state index contributed by atoms with van der Waals surface area (Å²) in [7, 11) is -1.27. The average molecular weight is 267 g/mol. The van der Waals surface area contributed by atoms with Crippen molar-refractivity contribution in [3.05, 3.63) is 30.0 Å². The van der Waals surface area contributed by atoms with E-state index >= 15 is 0 Å². The number of hydrogen-bond donors (Lipinski definition) is 1. The molecule has 0 amide bonds. The lowest BCUT2D eigenvalue weighted by atomic mass is 10.2. The number of fused-ring (bicyclic) bond motifs is 1. The number of hydrogen-bond acceptors (Lipinski definition) is 3. The highest BCUT2D eigenvalue weighted by molar-refractivity contribution is 7.91. The van der Waals surface area contributed by atoms with Crippen LogP contribution in [0.2, 0.25) is 0 Å². The van der Waals surface area contributed by atoms with Crippen LogP contribution in [-0.2, 0) is 22.6 Å². The zero-order valence-corrected chi connectivity index (χ0v) is 11.5. The Hall–Kier alpha value is -1.49. The molecule has 2 aromatic rings. The van der Waals surface area contributed by atoms with E-state index in [4.69, 9.17) is 0 Å². The number of rotatable bonds is 3. The molecule has 0 aliphatic carbocycles. The molecule has 0 aliphatic rings. The van der Waals surface area contributed by atoms with E-state index in [1.807, 2.05) is 17.8 Å². The van der Waals surface area contributed by atoms with Gasteiger partial charge in [-0.25, -0.2) is 8.42 Å². The Morgan fingerprint density at radius 2 is 2.00 bits per heavy atom. The Balaban J connectivity index is 2.54. The van der Waals surface area contributed by atoms with Gasteiger partial charge >= 0.3 is 0 Å². The van der Waals surface area contributed by atoms with E-state index in [9.17, 15) is 13.5 Å². The molecule has 0 aliphatic heterocycles. The highest BCUT2D eigenvalue weighted by Crippen LogP contribution is 2.26. The molecule has 1 N–H and O–H groups in total. The molecule has 0 saturated heterocycles. The fourth-order valence-electron chi connectivity index (χ4n) is 1.95. The summed E-state index contributed by atoms with van der Waals surface area (Å²) in [5.41, 5.74) is 1.62. The standard InChI is InChI=1S/C13H17NO3S/c1-9(2)18(16,17)8-10-7-14(3)13-6-11(15)4-5-12(10)13/h4-7,9,15H,8H2,1-3H3. The van der Waals surface area contributed by atoms with E-state index in [1.165, 1.54) is 0 Å². The van der Waals surface area contributed by atoms with Crippen molar-refractivity contribution in [3.8, 4) is 5.75 Å². The van der Waals surface area contributed by atoms with Gasteiger partial charge in [-0.3, -0.25) is 0 Å². The molecule has 0 unspecified atom stereocenters. The van der Waals surface area contributed by atoms with Gasteiger partial charge in [0.25, 0.3) is 0 Å².